The molecular weight excluding hydrogens is 418 g/mol. The number of rotatable bonds is 6. The molecule has 0 atom stereocenters. The van der Waals surface area contributed by atoms with Crippen molar-refractivity contribution >= 4 is 21.6 Å². The Bertz CT molecular complexity index is 1240. The molecule has 11 heteroatoms. The fraction of sp³-hybridized carbons (Fsp3) is 0.167. The van der Waals surface area contributed by atoms with Crippen LogP contribution in [-0.2, 0) is 16.4 Å². The summed E-state index contributed by atoms with van der Waals surface area (Å²) in [5.41, 5.74) is 1.15. The summed E-state index contributed by atoms with van der Waals surface area (Å²) < 4.78 is 38.7. The first-order valence-corrected chi connectivity index (χ1v) is 10.3. The molecule has 1 aromatic carbocycles. The third-order valence-electron chi connectivity index (χ3n) is 4.31. The fourth-order valence-corrected chi connectivity index (χ4v) is 4.52. The van der Waals surface area contributed by atoms with Crippen LogP contribution >= 0.6 is 11.6 Å². The van der Waals surface area contributed by atoms with Crippen molar-refractivity contribution in [3.63, 3.8) is 0 Å². The van der Waals surface area contributed by atoms with Gasteiger partial charge in [0.05, 0.1) is 23.4 Å². The van der Waals surface area contributed by atoms with Gasteiger partial charge in [0.2, 0.25) is 0 Å². The molecule has 0 saturated carbocycles. The highest BCUT2D eigenvalue weighted by Crippen LogP contribution is 2.37. The van der Waals surface area contributed by atoms with Crippen molar-refractivity contribution in [1.82, 2.24) is 24.6 Å². The SMILES string of the molecule is COc1cc(-c2c(Cl)ccn2S(=O)(=O)c2ccc(C)cc2)oc1Cc1nn[nH]n1. The van der Waals surface area contributed by atoms with Crippen LogP contribution < -0.4 is 4.74 Å². The predicted octanol–water partition coefficient (Wildman–Crippen LogP) is 3.06. The summed E-state index contributed by atoms with van der Waals surface area (Å²) in [6, 6.07) is 9.64. The summed E-state index contributed by atoms with van der Waals surface area (Å²) in [4.78, 5) is 0.141. The summed E-state index contributed by atoms with van der Waals surface area (Å²) in [6.45, 7) is 1.88. The minimum atomic E-state index is -3.88. The van der Waals surface area contributed by atoms with Crippen molar-refractivity contribution in [2.24, 2.45) is 0 Å². The number of H-pyrrole nitrogens is 1. The molecule has 1 N–H and O–H groups in total. The van der Waals surface area contributed by atoms with Crippen molar-refractivity contribution < 1.29 is 17.6 Å². The third-order valence-corrected chi connectivity index (χ3v) is 6.31. The van der Waals surface area contributed by atoms with E-state index in [2.05, 4.69) is 20.6 Å². The number of nitrogens with one attached hydrogen (secondary N) is 1. The van der Waals surface area contributed by atoms with Gasteiger partial charge in [-0.05, 0) is 25.1 Å². The number of aromatic amines is 1. The minimum absolute atomic E-state index is 0.141. The van der Waals surface area contributed by atoms with Crippen LogP contribution in [0.4, 0.5) is 0 Å². The smallest absolute Gasteiger partial charge is 0.268 e. The van der Waals surface area contributed by atoms with E-state index in [1.807, 2.05) is 6.92 Å². The van der Waals surface area contributed by atoms with Gasteiger partial charge < -0.3 is 9.15 Å². The lowest BCUT2D eigenvalue weighted by molar-refractivity contribution is 0.394. The van der Waals surface area contributed by atoms with E-state index in [1.54, 1.807) is 30.3 Å². The zero-order chi connectivity index (χ0) is 20.6. The van der Waals surface area contributed by atoms with E-state index in [9.17, 15) is 8.42 Å². The Balaban J connectivity index is 1.80. The molecule has 29 heavy (non-hydrogen) atoms. The highest BCUT2D eigenvalue weighted by molar-refractivity contribution is 7.90. The van der Waals surface area contributed by atoms with Crippen molar-refractivity contribution in [3.05, 3.63) is 64.8 Å². The van der Waals surface area contributed by atoms with E-state index >= 15 is 0 Å². The second kappa shape index (κ2) is 7.37. The fourth-order valence-electron chi connectivity index (χ4n) is 2.87. The van der Waals surface area contributed by atoms with Crippen LogP contribution in [0.15, 0.2) is 51.9 Å². The molecule has 0 bridgehead atoms. The van der Waals surface area contributed by atoms with Gasteiger partial charge in [-0.15, -0.1) is 10.2 Å². The van der Waals surface area contributed by atoms with E-state index in [-0.39, 0.29) is 27.8 Å². The highest BCUT2D eigenvalue weighted by atomic mass is 35.5. The zero-order valence-corrected chi connectivity index (χ0v) is 17.0. The van der Waals surface area contributed by atoms with Crippen molar-refractivity contribution in [1.29, 1.82) is 0 Å². The number of aromatic nitrogens is 5. The average molecular weight is 434 g/mol. The van der Waals surface area contributed by atoms with Gasteiger partial charge >= 0.3 is 0 Å². The number of hydrogen-bond acceptors (Lipinski definition) is 7. The normalized spacial score (nSPS) is 11.7. The van der Waals surface area contributed by atoms with E-state index in [0.29, 0.717) is 17.3 Å². The summed E-state index contributed by atoms with van der Waals surface area (Å²) in [5.74, 6) is 1.48. The van der Waals surface area contributed by atoms with Crippen molar-refractivity contribution in [2.45, 2.75) is 18.2 Å². The lowest BCUT2D eigenvalue weighted by Gasteiger charge is -2.10. The van der Waals surface area contributed by atoms with E-state index < -0.39 is 10.0 Å². The van der Waals surface area contributed by atoms with Gasteiger partial charge in [-0.2, -0.15) is 5.21 Å². The second-order valence-corrected chi connectivity index (χ2v) is 8.46. The summed E-state index contributed by atoms with van der Waals surface area (Å²) in [5, 5.41) is 13.9. The Hall–Kier alpha value is -3.11. The Morgan fingerprint density at radius 3 is 2.66 bits per heavy atom. The molecule has 0 amide bonds. The Labute approximate surface area is 171 Å². The van der Waals surface area contributed by atoms with Crippen LogP contribution in [0.5, 0.6) is 5.75 Å². The van der Waals surface area contributed by atoms with Gasteiger partial charge in [0.15, 0.2) is 23.1 Å². The summed E-state index contributed by atoms with van der Waals surface area (Å²) in [6.07, 6.45) is 1.60. The molecular formula is C18H16ClN5O4S. The molecule has 0 fully saturated rings. The first-order chi connectivity index (χ1) is 13.9. The second-order valence-electron chi connectivity index (χ2n) is 6.23. The molecule has 3 heterocycles. The molecule has 0 radical (unpaired) electrons. The highest BCUT2D eigenvalue weighted by Gasteiger charge is 2.26. The van der Waals surface area contributed by atoms with E-state index in [1.165, 1.54) is 19.4 Å². The quantitative estimate of drug-likeness (QED) is 0.496. The number of benzene rings is 1. The van der Waals surface area contributed by atoms with Crippen molar-refractivity contribution in [3.8, 4) is 17.2 Å². The molecule has 150 valence electrons. The lowest BCUT2D eigenvalue weighted by atomic mass is 10.2. The van der Waals surface area contributed by atoms with Gasteiger partial charge in [0.25, 0.3) is 10.0 Å². The first-order valence-electron chi connectivity index (χ1n) is 8.48. The molecule has 0 aliphatic heterocycles. The van der Waals surface area contributed by atoms with Crippen LogP contribution in [0.2, 0.25) is 5.02 Å². The van der Waals surface area contributed by atoms with Crippen molar-refractivity contribution in [2.75, 3.05) is 7.11 Å². The largest absolute Gasteiger partial charge is 0.493 e. The maximum atomic E-state index is 13.2. The third kappa shape index (κ3) is 3.52. The van der Waals surface area contributed by atoms with Crippen LogP contribution in [-0.4, -0.2) is 40.1 Å². The molecule has 0 aliphatic carbocycles. The van der Waals surface area contributed by atoms with Crippen LogP contribution in [0.25, 0.3) is 11.5 Å². The van der Waals surface area contributed by atoms with Crippen LogP contribution in [0.1, 0.15) is 17.1 Å². The summed E-state index contributed by atoms with van der Waals surface area (Å²) in [7, 11) is -2.40. The number of halogens is 1. The topological polar surface area (TPSA) is 116 Å². The first kappa shape index (κ1) is 19.2. The molecule has 3 aromatic heterocycles. The van der Waals surface area contributed by atoms with E-state index in [4.69, 9.17) is 20.8 Å². The minimum Gasteiger partial charge on any atom is -0.493 e. The van der Waals surface area contributed by atoms with E-state index in [0.717, 1.165) is 9.54 Å². The standard InChI is InChI=1S/C18H16ClN5O4S/c1-11-3-5-12(6-4-11)29(25,26)24-8-7-13(19)18(24)16-9-14(27-2)15(28-16)10-17-20-22-23-21-17/h3-9H,10H2,1-2H3,(H,20,21,22,23). The molecule has 0 unspecified atom stereocenters. The summed E-state index contributed by atoms with van der Waals surface area (Å²) >= 11 is 6.32. The number of hydrogen-bond donors (Lipinski definition) is 1. The average Bonchev–Trinajstić information content (AvgIpc) is 3.42. The zero-order valence-electron chi connectivity index (χ0n) is 15.5. The van der Waals surface area contributed by atoms with Gasteiger partial charge in [-0.1, -0.05) is 34.5 Å². The Morgan fingerprint density at radius 1 is 1.24 bits per heavy atom. The Morgan fingerprint density at radius 2 is 2.00 bits per heavy atom. The van der Waals surface area contributed by atoms with Crippen LogP contribution in [0.3, 0.4) is 0 Å². The number of methoxy groups -OCH3 is 1. The number of furan rings is 1. The van der Waals surface area contributed by atoms with Gasteiger partial charge in [0, 0.05) is 12.3 Å². The molecule has 4 aromatic rings. The monoisotopic (exact) mass is 433 g/mol. The molecule has 0 spiro atoms. The number of tetrazole rings is 1. The predicted molar refractivity (Wildman–Crippen MR) is 104 cm³/mol. The number of ether oxygens (including phenoxy) is 1. The van der Waals surface area contributed by atoms with Gasteiger partial charge in [-0.3, -0.25) is 0 Å². The number of nitrogens with zero attached hydrogens (tertiary/aromatic N) is 4. The van der Waals surface area contributed by atoms with Gasteiger partial charge in [0.1, 0.15) is 5.69 Å². The molecule has 9 nitrogen and oxygen atoms in total. The maximum absolute atomic E-state index is 13.2. The van der Waals surface area contributed by atoms with Crippen LogP contribution in [0, 0.1) is 6.92 Å². The molecule has 0 saturated heterocycles. The molecule has 4 rings (SSSR count). The molecule has 0 aliphatic rings. The lowest BCUT2D eigenvalue weighted by Crippen LogP contribution is -2.13. The Kier molecular flexibility index (Phi) is 4.89. The maximum Gasteiger partial charge on any atom is 0.268 e. The van der Waals surface area contributed by atoms with Gasteiger partial charge in [-0.25, -0.2) is 12.4 Å². The number of aryl methyl sites for hydroxylation is 1.